The summed E-state index contributed by atoms with van der Waals surface area (Å²) in [5, 5.41) is 0.819. The first kappa shape index (κ1) is 9.04. The van der Waals surface area contributed by atoms with E-state index in [0.717, 1.165) is 5.02 Å². The van der Waals surface area contributed by atoms with E-state index in [-0.39, 0.29) is 0 Å². The van der Waals surface area contributed by atoms with Crippen molar-refractivity contribution in [2.45, 2.75) is 19.4 Å². The van der Waals surface area contributed by atoms with E-state index in [1.165, 1.54) is 25.1 Å². The van der Waals surface area contributed by atoms with E-state index in [4.69, 9.17) is 11.6 Å². The van der Waals surface area contributed by atoms with Crippen LogP contribution in [0.4, 0.5) is 0 Å². The number of rotatable bonds is 2. The second-order valence-corrected chi connectivity index (χ2v) is 4.05. The van der Waals surface area contributed by atoms with Crippen molar-refractivity contribution in [2.75, 3.05) is 13.1 Å². The average molecular weight is 196 g/mol. The molecule has 0 aromatic heterocycles. The Morgan fingerprint density at radius 3 is 2.31 bits per heavy atom. The van der Waals surface area contributed by atoms with E-state index in [1.807, 2.05) is 12.1 Å². The Bertz CT molecular complexity index is 277. The van der Waals surface area contributed by atoms with Crippen molar-refractivity contribution in [3.05, 3.63) is 34.9 Å². The van der Waals surface area contributed by atoms with Gasteiger partial charge in [-0.3, -0.25) is 4.90 Å². The first-order chi connectivity index (χ1) is 6.27. The summed E-state index contributed by atoms with van der Waals surface area (Å²) >= 11 is 5.83. The third-order valence-corrected chi connectivity index (χ3v) is 3.04. The van der Waals surface area contributed by atoms with E-state index < -0.39 is 0 Å². The van der Waals surface area contributed by atoms with Crippen LogP contribution >= 0.6 is 11.6 Å². The average Bonchev–Trinajstić information content (AvgIpc) is 2.02. The molecule has 0 N–H and O–H groups in total. The molecule has 0 saturated carbocycles. The quantitative estimate of drug-likeness (QED) is 0.701. The summed E-state index contributed by atoms with van der Waals surface area (Å²) in [5.74, 6) is 0. The van der Waals surface area contributed by atoms with Gasteiger partial charge in [0.25, 0.3) is 0 Å². The number of halogens is 1. The number of hydrogen-bond donors (Lipinski definition) is 0. The van der Waals surface area contributed by atoms with Crippen LogP contribution in [0.5, 0.6) is 0 Å². The maximum atomic E-state index is 5.83. The minimum Gasteiger partial charge on any atom is -0.297 e. The summed E-state index contributed by atoms with van der Waals surface area (Å²) in [4.78, 5) is 2.48. The molecule has 70 valence electrons. The maximum absolute atomic E-state index is 5.83. The molecule has 1 unspecified atom stereocenters. The topological polar surface area (TPSA) is 3.24 Å². The van der Waals surface area contributed by atoms with Crippen molar-refractivity contribution in [1.82, 2.24) is 4.90 Å². The van der Waals surface area contributed by atoms with E-state index >= 15 is 0 Å². The largest absolute Gasteiger partial charge is 0.297 e. The number of benzene rings is 1. The van der Waals surface area contributed by atoms with E-state index in [0.29, 0.717) is 6.04 Å². The molecule has 13 heavy (non-hydrogen) atoms. The molecule has 1 aromatic rings. The van der Waals surface area contributed by atoms with Crippen LogP contribution in [-0.2, 0) is 0 Å². The van der Waals surface area contributed by atoms with Gasteiger partial charge < -0.3 is 0 Å². The lowest BCUT2D eigenvalue weighted by molar-refractivity contribution is 0.128. The highest BCUT2D eigenvalue weighted by atomic mass is 35.5. The molecular weight excluding hydrogens is 182 g/mol. The summed E-state index contributed by atoms with van der Waals surface area (Å²) in [6.45, 7) is 4.73. The first-order valence-electron chi connectivity index (χ1n) is 4.77. The van der Waals surface area contributed by atoms with Crippen LogP contribution in [0, 0.1) is 0 Å². The Labute approximate surface area is 84.3 Å². The molecule has 1 saturated heterocycles. The predicted octanol–water partition coefficient (Wildman–Crippen LogP) is 3.11. The number of nitrogens with zero attached hydrogens (tertiary/aromatic N) is 1. The highest BCUT2D eigenvalue weighted by Gasteiger charge is 2.20. The van der Waals surface area contributed by atoms with E-state index in [1.54, 1.807) is 0 Å². The van der Waals surface area contributed by atoms with Gasteiger partial charge in [-0.05, 0) is 44.1 Å². The molecule has 1 aromatic carbocycles. The normalized spacial score (nSPS) is 19.5. The summed E-state index contributed by atoms with van der Waals surface area (Å²) in [7, 11) is 0. The fourth-order valence-electron chi connectivity index (χ4n) is 1.68. The lowest BCUT2D eigenvalue weighted by atomic mass is 10.0. The van der Waals surface area contributed by atoms with Crippen molar-refractivity contribution in [3.63, 3.8) is 0 Å². The molecule has 0 aliphatic carbocycles. The van der Waals surface area contributed by atoms with Crippen molar-refractivity contribution in [1.29, 1.82) is 0 Å². The van der Waals surface area contributed by atoms with Gasteiger partial charge in [0.2, 0.25) is 0 Å². The van der Waals surface area contributed by atoms with Crippen molar-refractivity contribution >= 4 is 11.6 Å². The zero-order chi connectivity index (χ0) is 9.26. The van der Waals surface area contributed by atoms with Gasteiger partial charge in [-0.15, -0.1) is 0 Å². The molecule has 1 atom stereocenters. The second-order valence-electron chi connectivity index (χ2n) is 3.62. The fraction of sp³-hybridized carbons (Fsp3) is 0.455. The van der Waals surface area contributed by atoms with E-state index in [2.05, 4.69) is 24.0 Å². The first-order valence-corrected chi connectivity index (χ1v) is 5.14. The molecule has 1 heterocycles. The smallest absolute Gasteiger partial charge is 0.0406 e. The van der Waals surface area contributed by atoms with E-state index in [9.17, 15) is 0 Å². The number of hydrogen-bond acceptors (Lipinski definition) is 1. The molecule has 2 rings (SSSR count). The monoisotopic (exact) mass is 195 g/mol. The molecule has 1 aliphatic rings. The fourth-order valence-corrected chi connectivity index (χ4v) is 1.81. The van der Waals surface area contributed by atoms with Crippen LogP contribution < -0.4 is 0 Å². The van der Waals surface area contributed by atoms with Crippen LogP contribution in [0.2, 0.25) is 5.02 Å². The van der Waals surface area contributed by atoms with Crippen LogP contribution in [-0.4, -0.2) is 18.0 Å². The lowest BCUT2D eigenvalue weighted by Crippen LogP contribution is -2.38. The Morgan fingerprint density at radius 1 is 1.23 bits per heavy atom. The second kappa shape index (κ2) is 3.69. The SMILES string of the molecule is CC(c1ccc(Cl)cc1)N1CCC1. The molecule has 2 heteroatoms. The molecular formula is C11H14ClN. The molecule has 1 aliphatic heterocycles. The van der Waals surface area contributed by atoms with Crippen molar-refractivity contribution in [2.24, 2.45) is 0 Å². The Morgan fingerprint density at radius 2 is 1.85 bits per heavy atom. The molecule has 0 bridgehead atoms. The van der Waals surface area contributed by atoms with Crippen LogP contribution in [0.1, 0.15) is 24.9 Å². The van der Waals surface area contributed by atoms with Gasteiger partial charge in [-0.2, -0.15) is 0 Å². The van der Waals surface area contributed by atoms with Gasteiger partial charge in [0.15, 0.2) is 0 Å². The highest BCUT2D eigenvalue weighted by molar-refractivity contribution is 6.30. The standard InChI is InChI=1S/C11H14ClN/c1-9(13-7-2-8-13)10-3-5-11(12)6-4-10/h3-6,9H,2,7-8H2,1H3. The lowest BCUT2D eigenvalue weighted by Gasteiger charge is -2.36. The summed E-state index contributed by atoms with van der Waals surface area (Å²) in [5.41, 5.74) is 1.36. The Hall–Kier alpha value is -0.530. The third-order valence-electron chi connectivity index (χ3n) is 2.79. The summed E-state index contributed by atoms with van der Waals surface area (Å²) in [6.07, 6.45) is 1.35. The molecule has 1 nitrogen and oxygen atoms in total. The third kappa shape index (κ3) is 1.87. The predicted molar refractivity (Wildman–Crippen MR) is 56.1 cm³/mol. The zero-order valence-electron chi connectivity index (χ0n) is 7.83. The van der Waals surface area contributed by atoms with Crippen LogP contribution in [0.3, 0.4) is 0 Å². The molecule has 0 spiro atoms. The Balaban J connectivity index is 2.10. The van der Waals surface area contributed by atoms with Gasteiger partial charge >= 0.3 is 0 Å². The van der Waals surface area contributed by atoms with Crippen LogP contribution in [0.15, 0.2) is 24.3 Å². The van der Waals surface area contributed by atoms with Gasteiger partial charge in [-0.1, -0.05) is 23.7 Å². The molecule has 1 fully saturated rings. The maximum Gasteiger partial charge on any atom is 0.0406 e. The zero-order valence-corrected chi connectivity index (χ0v) is 8.59. The highest BCUT2D eigenvalue weighted by Crippen LogP contribution is 2.25. The van der Waals surface area contributed by atoms with Gasteiger partial charge in [0.1, 0.15) is 0 Å². The van der Waals surface area contributed by atoms with Gasteiger partial charge in [0.05, 0.1) is 0 Å². The van der Waals surface area contributed by atoms with Crippen molar-refractivity contribution < 1.29 is 0 Å². The minimum absolute atomic E-state index is 0.547. The Kier molecular flexibility index (Phi) is 2.56. The minimum atomic E-state index is 0.547. The molecule has 0 radical (unpaired) electrons. The number of likely N-dealkylation sites (tertiary alicyclic amines) is 1. The summed E-state index contributed by atoms with van der Waals surface area (Å²) < 4.78 is 0. The molecule has 0 amide bonds. The summed E-state index contributed by atoms with van der Waals surface area (Å²) in [6, 6.07) is 8.71. The van der Waals surface area contributed by atoms with Gasteiger partial charge in [0, 0.05) is 11.1 Å². The van der Waals surface area contributed by atoms with Crippen molar-refractivity contribution in [3.8, 4) is 0 Å². The van der Waals surface area contributed by atoms with Crippen LogP contribution in [0.25, 0.3) is 0 Å². The van der Waals surface area contributed by atoms with Gasteiger partial charge in [-0.25, -0.2) is 0 Å².